The van der Waals surface area contributed by atoms with Gasteiger partial charge in [-0.1, -0.05) is 24.3 Å². The number of likely N-dealkylation sites (N-methyl/N-ethyl adjacent to an activating group) is 1. The molecule has 2 aromatic rings. The van der Waals surface area contributed by atoms with E-state index in [1.165, 1.54) is 12.1 Å². The molecule has 2 atom stereocenters. The van der Waals surface area contributed by atoms with Gasteiger partial charge in [0.1, 0.15) is 18.1 Å². The third-order valence-electron chi connectivity index (χ3n) is 3.89. The Morgan fingerprint density at radius 3 is 2.52 bits per heavy atom. The van der Waals surface area contributed by atoms with Gasteiger partial charge < -0.3 is 15.0 Å². The maximum Gasteiger partial charge on any atom is 0.282 e. The first kappa shape index (κ1) is 17.0. The number of anilines is 1. The predicted molar refractivity (Wildman–Crippen MR) is 88.1 cm³/mol. The standard InChI is InChI=1S/C18H21FN2O2/c1-13(21(2)12-14-8-10-15(19)11-9-14)18(22)20-16-6-4-5-7-17(16)23-3/h4-11,13H,12H2,1-3H3,(H,20,22)/p+1/t13-/m1/s1. The highest BCUT2D eigenvalue weighted by molar-refractivity contribution is 5.94. The van der Waals surface area contributed by atoms with Gasteiger partial charge in [-0.25, -0.2) is 4.39 Å². The van der Waals surface area contributed by atoms with Gasteiger partial charge in [-0.15, -0.1) is 0 Å². The molecule has 0 aromatic heterocycles. The fraction of sp³-hybridized carbons (Fsp3) is 0.278. The molecular formula is C18H22FN2O2+. The lowest BCUT2D eigenvalue weighted by molar-refractivity contribution is -0.907. The third kappa shape index (κ3) is 4.53. The van der Waals surface area contributed by atoms with Crippen LogP contribution in [0.4, 0.5) is 10.1 Å². The maximum atomic E-state index is 12.9. The van der Waals surface area contributed by atoms with Crippen LogP contribution in [0.15, 0.2) is 48.5 Å². The zero-order valence-electron chi connectivity index (χ0n) is 13.6. The average molecular weight is 317 g/mol. The summed E-state index contributed by atoms with van der Waals surface area (Å²) in [6.07, 6.45) is 0. The van der Waals surface area contributed by atoms with E-state index in [4.69, 9.17) is 4.74 Å². The van der Waals surface area contributed by atoms with Gasteiger partial charge in [-0.05, 0) is 31.2 Å². The van der Waals surface area contributed by atoms with Crippen LogP contribution < -0.4 is 15.0 Å². The lowest BCUT2D eigenvalue weighted by Gasteiger charge is -2.21. The minimum atomic E-state index is -0.259. The molecule has 0 aliphatic carbocycles. The van der Waals surface area contributed by atoms with Crippen LogP contribution in [0.1, 0.15) is 12.5 Å². The smallest absolute Gasteiger partial charge is 0.282 e. The SMILES string of the molecule is COc1ccccc1NC(=O)[C@@H](C)[NH+](C)Cc1ccc(F)cc1. The Hall–Kier alpha value is -2.40. The molecule has 0 spiro atoms. The van der Waals surface area contributed by atoms with Crippen molar-refractivity contribution >= 4 is 11.6 Å². The molecule has 2 aromatic carbocycles. The third-order valence-corrected chi connectivity index (χ3v) is 3.89. The topological polar surface area (TPSA) is 42.8 Å². The lowest BCUT2D eigenvalue weighted by Crippen LogP contribution is -3.12. The van der Waals surface area contributed by atoms with Crippen molar-refractivity contribution in [1.82, 2.24) is 0 Å². The van der Waals surface area contributed by atoms with E-state index in [9.17, 15) is 9.18 Å². The van der Waals surface area contributed by atoms with E-state index in [1.807, 2.05) is 26.1 Å². The number of amides is 1. The van der Waals surface area contributed by atoms with E-state index >= 15 is 0 Å². The Morgan fingerprint density at radius 2 is 1.87 bits per heavy atom. The average Bonchev–Trinajstić information content (AvgIpc) is 2.56. The second kappa shape index (κ2) is 7.74. The van der Waals surface area contributed by atoms with Crippen LogP contribution in [-0.2, 0) is 11.3 Å². The van der Waals surface area contributed by atoms with Gasteiger partial charge >= 0.3 is 0 Å². The van der Waals surface area contributed by atoms with E-state index < -0.39 is 0 Å². The van der Waals surface area contributed by atoms with Crippen LogP contribution in [0.3, 0.4) is 0 Å². The molecule has 2 rings (SSSR count). The molecule has 1 unspecified atom stereocenters. The van der Waals surface area contributed by atoms with Crippen LogP contribution in [0, 0.1) is 5.82 Å². The van der Waals surface area contributed by atoms with E-state index in [0.29, 0.717) is 18.0 Å². The lowest BCUT2D eigenvalue weighted by atomic mass is 10.2. The highest BCUT2D eigenvalue weighted by Crippen LogP contribution is 2.22. The first-order valence-corrected chi connectivity index (χ1v) is 7.52. The Bertz CT molecular complexity index is 658. The Kier molecular flexibility index (Phi) is 5.71. The quantitative estimate of drug-likeness (QED) is 0.854. The molecule has 0 heterocycles. The molecule has 0 aliphatic heterocycles. The monoisotopic (exact) mass is 317 g/mol. The number of quaternary nitrogens is 1. The number of methoxy groups -OCH3 is 1. The highest BCUT2D eigenvalue weighted by Gasteiger charge is 2.22. The van der Waals surface area contributed by atoms with Crippen LogP contribution >= 0.6 is 0 Å². The fourth-order valence-corrected chi connectivity index (χ4v) is 2.29. The first-order chi connectivity index (χ1) is 11.0. The summed E-state index contributed by atoms with van der Waals surface area (Å²) in [5, 5.41) is 2.89. The second-order valence-corrected chi connectivity index (χ2v) is 5.56. The molecule has 23 heavy (non-hydrogen) atoms. The summed E-state index contributed by atoms with van der Waals surface area (Å²) in [4.78, 5) is 13.4. The highest BCUT2D eigenvalue weighted by atomic mass is 19.1. The number of halogens is 1. The molecule has 1 amide bonds. The van der Waals surface area contributed by atoms with Crippen LogP contribution in [0.25, 0.3) is 0 Å². The van der Waals surface area contributed by atoms with Gasteiger partial charge in [0.25, 0.3) is 5.91 Å². The predicted octanol–water partition coefficient (Wildman–Crippen LogP) is 1.88. The Morgan fingerprint density at radius 1 is 1.22 bits per heavy atom. The van der Waals surface area contributed by atoms with Crippen molar-refractivity contribution in [2.75, 3.05) is 19.5 Å². The van der Waals surface area contributed by atoms with Gasteiger partial charge in [0.2, 0.25) is 0 Å². The van der Waals surface area contributed by atoms with Crippen molar-refractivity contribution in [2.24, 2.45) is 0 Å². The summed E-state index contributed by atoms with van der Waals surface area (Å²) in [7, 11) is 3.51. The van der Waals surface area contributed by atoms with Crippen LogP contribution in [0.2, 0.25) is 0 Å². The molecule has 0 fully saturated rings. The molecule has 0 bridgehead atoms. The molecule has 4 nitrogen and oxygen atoms in total. The summed E-state index contributed by atoms with van der Waals surface area (Å²) in [5.41, 5.74) is 1.64. The molecule has 0 radical (unpaired) electrons. The van der Waals surface area contributed by atoms with Crippen molar-refractivity contribution in [1.29, 1.82) is 0 Å². The van der Waals surface area contributed by atoms with Crippen molar-refractivity contribution in [3.8, 4) is 5.75 Å². The van der Waals surface area contributed by atoms with E-state index in [-0.39, 0.29) is 17.8 Å². The number of nitrogens with one attached hydrogen (secondary N) is 2. The van der Waals surface area contributed by atoms with Crippen molar-refractivity contribution in [3.05, 3.63) is 59.9 Å². The molecule has 0 saturated carbocycles. The molecule has 2 N–H and O–H groups in total. The van der Waals surface area contributed by atoms with Crippen molar-refractivity contribution in [2.45, 2.75) is 19.5 Å². The minimum Gasteiger partial charge on any atom is -0.495 e. The van der Waals surface area contributed by atoms with Gasteiger partial charge in [-0.3, -0.25) is 4.79 Å². The molecular weight excluding hydrogens is 295 g/mol. The summed E-state index contributed by atoms with van der Waals surface area (Å²) >= 11 is 0. The number of hydrogen-bond acceptors (Lipinski definition) is 2. The molecule has 0 aliphatic rings. The summed E-state index contributed by atoms with van der Waals surface area (Å²) in [5.74, 6) is 0.284. The fourth-order valence-electron chi connectivity index (χ4n) is 2.29. The first-order valence-electron chi connectivity index (χ1n) is 7.52. The van der Waals surface area contributed by atoms with Crippen LogP contribution in [-0.4, -0.2) is 26.1 Å². The van der Waals surface area contributed by atoms with Gasteiger partial charge in [-0.2, -0.15) is 0 Å². The molecule has 5 heteroatoms. The van der Waals surface area contributed by atoms with E-state index in [1.54, 1.807) is 31.4 Å². The van der Waals surface area contributed by atoms with Gasteiger partial charge in [0.05, 0.1) is 19.8 Å². The summed E-state index contributed by atoms with van der Waals surface area (Å²) in [6, 6.07) is 13.4. The largest absolute Gasteiger partial charge is 0.495 e. The number of carbonyl (C=O) groups excluding carboxylic acids is 1. The zero-order chi connectivity index (χ0) is 16.8. The maximum absolute atomic E-state index is 12.9. The van der Waals surface area contributed by atoms with Gasteiger partial charge in [0.15, 0.2) is 6.04 Å². The number of rotatable bonds is 6. The normalized spacial score (nSPS) is 13.2. The van der Waals surface area contributed by atoms with Crippen molar-refractivity contribution < 1.29 is 18.8 Å². The van der Waals surface area contributed by atoms with Crippen LogP contribution in [0.5, 0.6) is 5.75 Å². The Labute approximate surface area is 135 Å². The molecule has 122 valence electrons. The van der Waals surface area contributed by atoms with E-state index in [0.717, 1.165) is 10.5 Å². The zero-order valence-corrected chi connectivity index (χ0v) is 13.6. The van der Waals surface area contributed by atoms with E-state index in [2.05, 4.69) is 5.32 Å². The van der Waals surface area contributed by atoms with Crippen molar-refractivity contribution in [3.63, 3.8) is 0 Å². The number of benzene rings is 2. The number of para-hydroxylation sites is 2. The number of hydrogen-bond donors (Lipinski definition) is 2. The molecule has 0 saturated heterocycles. The number of ether oxygens (including phenoxy) is 1. The Balaban J connectivity index is 1.99. The van der Waals surface area contributed by atoms with Gasteiger partial charge in [0, 0.05) is 5.56 Å². The summed E-state index contributed by atoms with van der Waals surface area (Å²) < 4.78 is 18.2. The summed E-state index contributed by atoms with van der Waals surface area (Å²) in [6.45, 7) is 2.50. The second-order valence-electron chi connectivity index (χ2n) is 5.56. The minimum absolute atomic E-state index is 0.0888. The number of carbonyl (C=O) groups is 1.